The number of carbonyl (C=O) groups is 2. The second-order valence-corrected chi connectivity index (χ2v) is 7.13. The first-order valence-electron chi connectivity index (χ1n) is 9.32. The first-order valence-corrected chi connectivity index (χ1v) is 9.32. The van der Waals surface area contributed by atoms with E-state index in [2.05, 4.69) is 15.6 Å². The molecular weight excluding hydrogens is 342 g/mol. The number of nitrogens with two attached hydrogens (primary N) is 2. The molecule has 27 heavy (non-hydrogen) atoms. The molecule has 2 amide bonds. The van der Waals surface area contributed by atoms with E-state index in [1.807, 2.05) is 44.2 Å². The van der Waals surface area contributed by atoms with Gasteiger partial charge in [0.2, 0.25) is 11.8 Å². The van der Waals surface area contributed by atoms with E-state index in [4.69, 9.17) is 11.5 Å². The maximum atomic E-state index is 12.7. The Balaban J connectivity index is 2.07. The number of para-hydroxylation sites is 1. The number of rotatable bonds is 9. The lowest BCUT2D eigenvalue weighted by Crippen LogP contribution is -2.50. The smallest absolute Gasteiger partial charge is 0.247 e. The molecule has 0 fully saturated rings. The molecule has 0 aliphatic heterocycles. The van der Waals surface area contributed by atoms with Crippen LogP contribution in [0.3, 0.4) is 0 Å². The van der Waals surface area contributed by atoms with E-state index in [0.717, 1.165) is 10.9 Å². The van der Waals surface area contributed by atoms with E-state index >= 15 is 0 Å². The van der Waals surface area contributed by atoms with Crippen LogP contribution in [0.1, 0.15) is 33.1 Å². The lowest BCUT2D eigenvalue weighted by Gasteiger charge is -2.22. The molecule has 7 heteroatoms. The Bertz CT molecular complexity index is 778. The van der Waals surface area contributed by atoms with Gasteiger partial charge >= 0.3 is 0 Å². The Hall–Kier alpha value is -2.51. The molecule has 6 N–H and O–H groups in total. The predicted octanol–water partition coefficient (Wildman–Crippen LogP) is 1.77. The number of hydrogen-bond acceptors (Lipinski definition) is 5. The van der Waals surface area contributed by atoms with Crippen molar-refractivity contribution in [2.24, 2.45) is 17.4 Å². The minimum absolute atomic E-state index is 0.232. The van der Waals surface area contributed by atoms with Crippen LogP contribution < -0.4 is 22.1 Å². The van der Waals surface area contributed by atoms with E-state index in [9.17, 15) is 9.59 Å². The van der Waals surface area contributed by atoms with E-state index < -0.39 is 12.1 Å². The van der Waals surface area contributed by atoms with Crippen LogP contribution in [-0.4, -0.2) is 35.4 Å². The third-order valence-corrected chi connectivity index (χ3v) is 4.25. The summed E-state index contributed by atoms with van der Waals surface area (Å²) in [5, 5.41) is 6.56. The second-order valence-electron chi connectivity index (χ2n) is 7.13. The molecule has 2 atom stereocenters. The van der Waals surface area contributed by atoms with Crippen molar-refractivity contribution in [3.63, 3.8) is 0 Å². The number of benzene rings is 1. The van der Waals surface area contributed by atoms with Crippen LogP contribution in [0.2, 0.25) is 0 Å². The van der Waals surface area contributed by atoms with E-state index in [1.165, 1.54) is 0 Å². The van der Waals surface area contributed by atoms with Crippen molar-refractivity contribution in [2.45, 2.75) is 45.2 Å². The van der Waals surface area contributed by atoms with Crippen LogP contribution >= 0.6 is 0 Å². The van der Waals surface area contributed by atoms with Crippen molar-refractivity contribution < 1.29 is 9.59 Å². The SMILES string of the molecule is CC(C)C[C@@H](NC(=O)[C@H](N)CCCN)C(=O)Nc1cnc2ccccc2c1. The van der Waals surface area contributed by atoms with Crippen LogP contribution in [0.5, 0.6) is 0 Å². The molecule has 0 spiro atoms. The molecule has 0 radical (unpaired) electrons. The van der Waals surface area contributed by atoms with Crippen molar-refractivity contribution in [1.29, 1.82) is 0 Å². The van der Waals surface area contributed by atoms with Crippen LogP contribution in [0, 0.1) is 5.92 Å². The summed E-state index contributed by atoms with van der Waals surface area (Å²) in [7, 11) is 0. The normalized spacial score (nSPS) is 13.4. The quantitative estimate of drug-likeness (QED) is 0.535. The first kappa shape index (κ1) is 20.8. The number of pyridine rings is 1. The van der Waals surface area contributed by atoms with Gasteiger partial charge in [-0.15, -0.1) is 0 Å². The third kappa shape index (κ3) is 6.30. The summed E-state index contributed by atoms with van der Waals surface area (Å²) < 4.78 is 0. The molecule has 0 saturated carbocycles. The molecule has 1 heterocycles. The highest BCUT2D eigenvalue weighted by molar-refractivity contribution is 5.98. The molecular formula is C20H29N5O2. The number of fused-ring (bicyclic) bond motifs is 1. The van der Waals surface area contributed by atoms with E-state index in [1.54, 1.807) is 6.20 Å². The summed E-state index contributed by atoms with van der Waals surface area (Å²) in [5.41, 5.74) is 12.8. The van der Waals surface area contributed by atoms with Gasteiger partial charge < -0.3 is 22.1 Å². The predicted molar refractivity (Wildman–Crippen MR) is 108 cm³/mol. The van der Waals surface area contributed by atoms with Gasteiger partial charge in [0.25, 0.3) is 0 Å². The number of nitrogens with zero attached hydrogens (tertiary/aromatic N) is 1. The van der Waals surface area contributed by atoms with Crippen molar-refractivity contribution in [3.05, 3.63) is 36.5 Å². The number of nitrogens with one attached hydrogen (secondary N) is 2. The van der Waals surface area contributed by atoms with Gasteiger partial charge in [-0.05, 0) is 43.9 Å². The second kappa shape index (κ2) is 9.99. The van der Waals surface area contributed by atoms with E-state index in [0.29, 0.717) is 31.5 Å². The van der Waals surface area contributed by atoms with Gasteiger partial charge in [-0.3, -0.25) is 14.6 Å². The molecule has 1 aromatic carbocycles. The summed E-state index contributed by atoms with van der Waals surface area (Å²) in [6, 6.07) is 8.20. The summed E-state index contributed by atoms with van der Waals surface area (Å²) >= 11 is 0. The summed E-state index contributed by atoms with van der Waals surface area (Å²) in [5.74, 6) is -0.378. The van der Waals surface area contributed by atoms with Gasteiger partial charge in [-0.25, -0.2) is 0 Å². The number of amides is 2. The number of anilines is 1. The fraction of sp³-hybridized carbons (Fsp3) is 0.450. The molecule has 0 unspecified atom stereocenters. The molecule has 0 bridgehead atoms. The average Bonchev–Trinajstić information content (AvgIpc) is 2.64. The van der Waals surface area contributed by atoms with Crippen molar-refractivity contribution in [3.8, 4) is 0 Å². The molecule has 2 rings (SSSR count). The Labute approximate surface area is 159 Å². The first-order chi connectivity index (χ1) is 12.9. The fourth-order valence-electron chi connectivity index (χ4n) is 2.82. The van der Waals surface area contributed by atoms with Gasteiger partial charge in [0.05, 0.1) is 23.4 Å². The number of carbonyl (C=O) groups excluding carboxylic acids is 2. The zero-order chi connectivity index (χ0) is 19.8. The van der Waals surface area contributed by atoms with Gasteiger partial charge in [-0.1, -0.05) is 32.0 Å². The Morgan fingerprint density at radius 3 is 2.63 bits per heavy atom. The average molecular weight is 371 g/mol. The standard InChI is InChI=1S/C20H29N5O2/c1-13(2)10-18(25-19(26)16(22)7-5-9-21)20(27)24-15-11-14-6-3-4-8-17(14)23-12-15/h3-4,6,8,11-13,16,18H,5,7,9-10,21-22H2,1-2H3,(H,24,27)(H,25,26)/t16-,18-/m1/s1. The van der Waals surface area contributed by atoms with Crippen molar-refractivity contribution in [1.82, 2.24) is 10.3 Å². The van der Waals surface area contributed by atoms with Crippen molar-refractivity contribution in [2.75, 3.05) is 11.9 Å². The van der Waals surface area contributed by atoms with Crippen LogP contribution in [-0.2, 0) is 9.59 Å². The highest BCUT2D eigenvalue weighted by Crippen LogP contribution is 2.17. The third-order valence-electron chi connectivity index (χ3n) is 4.25. The zero-order valence-electron chi connectivity index (χ0n) is 15.9. The summed E-state index contributed by atoms with van der Waals surface area (Å²) in [6.45, 7) is 4.47. The maximum absolute atomic E-state index is 12.7. The fourth-order valence-corrected chi connectivity index (χ4v) is 2.82. The Morgan fingerprint density at radius 1 is 1.19 bits per heavy atom. The lowest BCUT2D eigenvalue weighted by molar-refractivity contribution is -0.127. The summed E-state index contributed by atoms with van der Waals surface area (Å²) in [4.78, 5) is 29.4. The highest BCUT2D eigenvalue weighted by atomic mass is 16.2. The molecule has 0 aliphatic carbocycles. The molecule has 0 saturated heterocycles. The van der Waals surface area contributed by atoms with Gasteiger partial charge in [0.1, 0.15) is 6.04 Å². The van der Waals surface area contributed by atoms with Crippen LogP contribution in [0.4, 0.5) is 5.69 Å². The summed E-state index contributed by atoms with van der Waals surface area (Å²) in [6.07, 6.45) is 3.29. The minimum Gasteiger partial charge on any atom is -0.343 e. The molecule has 7 nitrogen and oxygen atoms in total. The number of aromatic nitrogens is 1. The largest absolute Gasteiger partial charge is 0.343 e. The van der Waals surface area contributed by atoms with Crippen LogP contribution in [0.15, 0.2) is 36.5 Å². The van der Waals surface area contributed by atoms with Gasteiger partial charge in [0, 0.05) is 5.39 Å². The zero-order valence-corrected chi connectivity index (χ0v) is 15.9. The molecule has 146 valence electrons. The molecule has 1 aromatic heterocycles. The minimum atomic E-state index is -0.668. The monoisotopic (exact) mass is 371 g/mol. The Kier molecular flexibility index (Phi) is 7.69. The topological polar surface area (TPSA) is 123 Å². The van der Waals surface area contributed by atoms with Gasteiger partial charge in [0.15, 0.2) is 0 Å². The molecule has 2 aromatic rings. The van der Waals surface area contributed by atoms with Crippen LogP contribution in [0.25, 0.3) is 10.9 Å². The molecule has 0 aliphatic rings. The number of hydrogen-bond donors (Lipinski definition) is 4. The lowest BCUT2D eigenvalue weighted by atomic mass is 10.0. The maximum Gasteiger partial charge on any atom is 0.247 e. The van der Waals surface area contributed by atoms with E-state index in [-0.39, 0.29) is 17.7 Å². The Morgan fingerprint density at radius 2 is 1.93 bits per heavy atom. The van der Waals surface area contributed by atoms with Crippen molar-refractivity contribution >= 4 is 28.4 Å². The highest BCUT2D eigenvalue weighted by Gasteiger charge is 2.24. The van der Waals surface area contributed by atoms with Gasteiger partial charge in [-0.2, -0.15) is 0 Å².